The number of likely N-dealkylation sites (N-methyl/N-ethyl adjacent to an activating group) is 1. The van der Waals surface area contributed by atoms with E-state index >= 15 is 0 Å². The molecule has 30 heavy (non-hydrogen) atoms. The molecule has 1 heterocycles. The molecule has 0 unspecified atom stereocenters. The van der Waals surface area contributed by atoms with E-state index in [4.69, 9.17) is 4.74 Å². The predicted octanol–water partition coefficient (Wildman–Crippen LogP) is 6.17. The Morgan fingerprint density at radius 1 is 1.07 bits per heavy atom. The number of aryl methyl sites for hydroxylation is 1. The van der Waals surface area contributed by atoms with Gasteiger partial charge in [-0.05, 0) is 60.2 Å². The molecule has 1 saturated heterocycles. The Balaban J connectivity index is 1.75. The van der Waals surface area contributed by atoms with Gasteiger partial charge in [0.1, 0.15) is 5.75 Å². The number of thioether (sulfide) groups is 1. The SMILES string of the molecule is CCCOc1ccc2ccccc2c1/C=C1/SC(=Nc2ccc(C)cc2)N(C)C1=O. The van der Waals surface area contributed by atoms with E-state index in [1.807, 2.05) is 55.5 Å². The van der Waals surface area contributed by atoms with Crippen LogP contribution in [0.2, 0.25) is 0 Å². The van der Waals surface area contributed by atoms with Gasteiger partial charge in [-0.3, -0.25) is 9.69 Å². The monoisotopic (exact) mass is 416 g/mol. The average molecular weight is 417 g/mol. The zero-order valence-electron chi connectivity index (χ0n) is 17.4. The number of amides is 1. The van der Waals surface area contributed by atoms with Crippen molar-refractivity contribution < 1.29 is 9.53 Å². The van der Waals surface area contributed by atoms with Crippen LogP contribution in [-0.2, 0) is 4.79 Å². The topological polar surface area (TPSA) is 41.9 Å². The Bertz CT molecular complexity index is 1150. The van der Waals surface area contributed by atoms with Gasteiger partial charge >= 0.3 is 0 Å². The van der Waals surface area contributed by atoms with Gasteiger partial charge in [0, 0.05) is 12.6 Å². The molecule has 0 saturated carbocycles. The Kier molecular flexibility index (Phi) is 5.91. The minimum atomic E-state index is -0.0553. The van der Waals surface area contributed by atoms with Crippen molar-refractivity contribution >= 4 is 45.4 Å². The largest absolute Gasteiger partial charge is 0.493 e. The summed E-state index contributed by atoms with van der Waals surface area (Å²) in [6, 6.07) is 20.2. The minimum Gasteiger partial charge on any atom is -0.493 e. The molecule has 0 aliphatic carbocycles. The number of fused-ring (bicyclic) bond motifs is 1. The van der Waals surface area contributed by atoms with Crippen molar-refractivity contribution in [2.75, 3.05) is 13.7 Å². The number of hydrogen-bond donors (Lipinski definition) is 0. The lowest BCUT2D eigenvalue weighted by Crippen LogP contribution is -2.23. The lowest BCUT2D eigenvalue weighted by molar-refractivity contribution is -0.121. The molecule has 0 radical (unpaired) electrons. The van der Waals surface area contributed by atoms with E-state index < -0.39 is 0 Å². The first kappa shape index (κ1) is 20.2. The third kappa shape index (κ3) is 4.12. The van der Waals surface area contributed by atoms with Gasteiger partial charge in [-0.15, -0.1) is 0 Å². The molecule has 0 bridgehead atoms. The predicted molar refractivity (Wildman–Crippen MR) is 126 cm³/mol. The summed E-state index contributed by atoms with van der Waals surface area (Å²) in [6.45, 7) is 4.76. The molecule has 1 aliphatic heterocycles. The van der Waals surface area contributed by atoms with Crippen LogP contribution in [0.3, 0.4) is 0 Å². The number of aliphatic imine (C=N–C) groups is 1. The lowest BCUT2D eigenvalue weighted by atomic mass is 10.0. The van der Waals surface area contributed by atoms with Crippen LogP contribution >= 0.6 is 11.8 Å². The first-order valence-electron chi connectivity index (χ1n) is 10.0. The fraction of sp³-hybridized carbons (Fsp3) is 0.200. The average Bonchev–Trinajstić information content (AvgIpc) is 3.02. The van der Waals surface area contributed by atoms with Gasteiger partial charge in [-0.2, -0.15) is 0 Å². The van der Waals surface area contributed by atoms with E-state index in [9.17, 15) is 4.79 Å². The van der Waals surface area contributed by atoms with Crippen LogP contribution in [0.4, 0.5) is 5.69 Å². The van der Waals surface area contributed by atoms with Gasteiger partial charge in [-0.25, -0.2) is 4.99 Å². The standard InChI is InChI=1S/C25H24N2O2S/c1-4-15-29-22-14-11-18-7-5-6-8-20(18)21(22)16-23-24(28)27(3)25(30-23)26-19-12-9-17(2)10-13-19/h5-14,16H,4,15H2,1-3H3/b23-16+,26-25?. The summed E-state index contributed by atoms with van der Waals surface area (Å²) in [6.07, 6.45) is 2.86. The van der Waals surface area contributed by atoms with Crippen molar-refractivity contribution in [1.82, 2.24) is 4.90 Å². The number of rotatable bonds is 5. The smallest absolute Gasteiger partial charge is 0.266 e. The molecular weight excluding hydrogens is 392 g/mol. The highest BCUT2D eigenvalue weighted by molar-refractivity contribution is 8.18. The summed E-state index contributed by atoms with van der Waals surface area (Å²) < 4.78 is 5.99. The molecule has 4 nitrogen and oxygen atoms in total. The molecule has 5 heteroatoms. The van der Waals surface area contributed by atoms with E-state index in [1.54, 1.807) is 11.9 Å². The molecule has 152 valence electrons. The van der Waals surface area contributed by atoms with Crippen LogP contribution in [0.5, 0.6) is 5.75 Å². The summed E-state index contributed by atoms with van der Waals surface area (Å²) in [7, 11) is 1.76. The first-order valence-corrected chi connectivity index (χ1v) is 10.9. The van der Waals surface area contributed by atoms with E-state index in [1.165, 1.54) is 17.3 Å². The van der Waals surface area contributed by atoms with Crippen LogP contribution in [0.15, 0.2) is 70.6 Å². The number of benzene rings is 3. The maximum Gasteiger partial charge on any atom is 0.266 e. The fourth-order valence-electron chi connectivity index (χ4n) is 3.27. The molecule has 4 rings (SSSR count). The molecule has 3 aromatic rings. The van der Waals surface area contributed by atoms with Crippen LogP contribution in [0.25, 0.3) is 16.8 Å². The number of nitrogens with zero attached hydrogens (tertiary/aromatic N) is 2. The maximum atomic E-state index is 12.9. The second kappa shape index (κ2) is 8.76. The van der Waals surface area contributed by atoms with Crippen molar-refractivity contribution in [2.24, 2.45) is 4.99 Å². The van der Waals surface area contributed by atoms with Crippen molar-refractivity contribution in [3.8, 4) is 5.75 Å². The fourth-order valence-corrected chi connectivity index (χ4v) is 4.24. The highest BCUT2D eigenvalue weighted by Crippen LogP contribution is 2.37. The van der Waals surface area contributed by atoms with Crippen molar-refractivity contribution in [3.05, 3.63) is 76.7 Å². The Labute approximate surface area is 181 Å². The molecule has 1 fully saturated rings. The summed E-state index contributed by atoms with van der Waals surface area (Å²) in [4.78, 5) is 19.9. The molecule has 0 spiro atoms. The van der Waals surface area contributed by atoms with E-state index in [0.29, 0.717) is 16.7 Å². The van der Waals surface area contributed by atoms with E-state index in [2.05, 4.69) is 30.1 Å². The third-order valence-electron chi connectivity index (χ3n) is 4.93. The highest BCUT2D eigenvalue weighted by atomic mass is 32.2. The lowest BCUT2D eigenvalue weighted by Gasteiger charge is -2.12. The Morgan fingerprint density at radius 2 is 1.83 bits per heavy atom. The van der Waals surface area contributed by atoms with E-state index in [0.717, 1.165) is 34.2 Å². The quantitative estimate of drug-likeness (QED) is 0.467. The number of carbonyl (C=O) groups is 1. The van der Waals surface area contributed by atoms with Crippen molar-refractivity contribution in [1.29, 1.82) is 0 Å². The Hall–Kier alpha value is -3.05. The molecule has 1 amide bonds. The molecule has 3 aromatic carbocycles. The summed E-state index contributed by atoms with van der Waals surface area (Å²) in [5, 5.41) is 2.86. The third-order valence-corrected chi connectivity index (χ3v) is 5.99. The van der Waals surface area contributed by atoms with Crippen molar-refractivity contribution in [3.63, 3.8) is 0 Å². The van der Waals surface area contributed by atoms with Crippen LogP contribution in [0.1, 0.15) is 24.5 Å². The second-order valence-corrected chi connectivity index (χ2v) is 8.26. The van der Waals surface area contributed by atoms with Gasteiger partial charge in [-0.1, -0.05) is 55.0 Å². The van der Waals surface area contributed by atoms with E-state index in [-0.39, 0.29) is 5.91 Å². The van der Waals surface area contributed by atoms with Gasteiger partial charge in [0.05, 0.1) is 17.2 Å². The van der Waals surface area contributed by atoms with Crippen LogP contribution in [0, 0.1) is 6.92 Å². The van der Waals surface area contributed by atoms with Crippen LogP contribution < -0.4 is 4.74 Å². The molecule has 0 aromatic heterocycles. The minimum absolute atomic E-state index is 0.0553. The Morgan fingerprint density at radius 3 is 2.60 bits per heavy atom. The first-order chi connectivity index (χ1) is 14.6. The number of carbonyl (C=O) groups excluding carboxylic acids is 1. The zero-order chi connectivity index (χ0) is 21.1. The number of hydrogen-bond acceptors (Lipinski definition) is 4. The molecular formula is C25H24N2O2S. The zero-order valence-corrected chi connectivity index (χ0v) is 18.2. The summed E-state index contributed by atoms with van der Waals surface area (Å²) in [5.41, 5.74) is 2.95. The molecule has 1 aliphatic rings. The van der Waals surface area contributed by atoms with Crippen molar-refractivity contribution in [2.45, 2.75) is 20.3 Å². The van der Waals surface area contributed by atoms with Gasteiger partial charge in [0.15, 0.2) is 5.17 Å². The second-order valence-electron chi connectivity index (χ2n) is 7.25. The number of amidine groups is 1. The number of ether oxygens (including phenoxy) is 1. The van der Waals surface area contributed by atoms with Gasteiger partial charge in [0.2, 0.25) is 0 Å². The van der Waals surface area contributed by atoms with Gasteiger partial charge in [0.25, 0.3) is 5.91 Å². The summed E-state index contributed by atoms with van der Waals surface area (Å²) in [5.74, 6) is 0.739. The molecule has 0 N–H and O–H groups in total. The van der Waals surface area contributed by atoms with Crippen LogP contribution in [-0.4, -0.2) is 29.6 Å². The van der Waals surface area contributed by atoms with Gasteiger partial charge < -0.3 is 4.74 Å². The maximum absolute atomic E-state index is 12.9. The highest BCUT2D eigenvalue weighted by Gasteiger charge is 2.30. The molecule has 0 atom stereocenters. The normalized spacial score (nSPS) is 16.8. The summed E-state index contributed by atoms with van der Waals surface area (Å²) >= 11 is 1.39.